The lowest BCUT2D eigenvalue weighted by molar-refractivity contribution is 0.274. The first-order valence-corrected chi connectivity index (χ1v) is 7.12. The van der Waals surface area contributed by atoms with Gasteiger partial charge in [-0.3, -0.25) is 4.90 Å². The molecule has 3 rings (SSSR count). The van der Waals surface area contributed by atoms with Crippen molar-refractivity contribution in [2.75, 3.05) is 13.1 Å². The number of aromatic amines is 1. The number of rotatable bonds is 2. The van der Waals surface area contributed by atoms with Crippen molar-refractivity contribution in [3.05, 3.63) is 35.5 Å². The largest absolute Gasteiger partial charge is 0.357 e. The minimum atomic E-state index is 1.08. The summed E-state index contributed by atoms with van der Waals surface area (Å²) in [5.74, 6) is 0. The third kappa shape index (κ3) is 2.44. The van der Waals surface area contributed by atoms with Gasteiger partial charge in [-0.05, 0) is 50.6 Å². The monoisotopic (exact) mass is 242 g/mol. The Labute approximate surface area is 109 Å². The van der Waals surface area contributed by atoms with Gasteiger partial charge in [0.2, 0.25) is 0 Å². The minimum absolute atomic E-state index is 1.08. The third-order valence-electron chi connectivity index (χ3n) is 4.03. The van der Waals surface area contributed by atoms with Gasteiger partial charge in [0.25, 0.3) is 0 Å². The maximum atomic E-state index is 3.56. The molecule has 0 bridgehead atoms. The van der Waals surface area contributed by atoms with Crippen LogP contribution in [0.15, 0.2) is 24.3 Å². The number of hydrogen-bond acceptors (Lipinski definition) is 1. The molecule has 2 heteroatoms. The summed E-state index contributed by atoms with van der Waals surface area (Å²) in [6.07, 6.45) is 5.53. The van der Waals surface area contributed by atoms with Crippen LogP contribution >= 0.6 is 0 Å². The van der Waals surface area contributed by atoms with Crippen LogP contribution in [0.25, 0.3) is 10.9 Å². The molecule has 1 aromatic carbocycles. The van der Waals surface area contributed by atoms with E-state index in [1.807, 2.05) is 0 Å². The summed E-state index contributed by atoms with van der Waals surface area (Å²) in [6, 6.07) is 8.82. The van der Waals surface area contributed by atoms with E-state index in [4.69, 9.17) is 0 Å². The van der Waals surface area contributed by atoms with Crippen molar-refractivity contribution in [3.63, 3.8) is 0 Å². The molecule has 0 amide bonds. The second kappa shape index (κ2) is 5.15. The Morgan fingerprint density at radius 1 is 1.11 bits per heavy atom. The van der Waals surface area contributed by atoms with E-state index in [2.05, 4.69) is 41.1 Å². The predicted octanol–water partition coefficient (Wildman–Crippen LogP) is 3.85. The Morgan fingerprint density at radius 3 is 2.61 bits per heavy atom. The van der Waals surface area contributed by atoms with Gasteiger partial charge in [-0.15, -0.1) is 0 Å². The van der Waals surface area contributed by atoms with Crippen LogP contribution in [0.5, 0.6) is 0 Å². The first kappa shape index (κ1) is 11.8. The van der Waals surface area contributed by atoms with E-state index in [1.54, 1.807) is 0 Å². The molecule has 0 aliphatic carbocycles. The zero-order valence-corrected chi connectivity index (χ0v) is 11.2. The summed E-state index contributed by atoms with van der Waals surface area (Å²) in [5.41, 5.74) is 4.01. The maximum absolute atomic E-state index is 3.56. The molecule has 18 heavy (non-hydrogen) atoms. The van der Waals surface area contributed by atoms with E-state index < -0.39 is 0 Å². The highest BCUT2D eigenvalue weighted by Crippen LogP contribution is 2.21. The Morgan fingerprint density at radius 2 is 1.89 bits per heavy atom. The molecule has 2 nitrogen and oxygen atoms in total. The molecule has 1 aliphatic heterocycles. The average Bonchev–Trinajstić information content (AvgIpc) is 2.60. The SMILES string of the molecule is Cc1cccc2[nH]c(CN3CCCCCC3)cc12. The van der Waals surface area contributed by atoms with Gasteiger partial charge in [-0.25, -0.2) is 0 Å². The second-order valence-electron chi connectivity index (χ2n) is 5.52. The summed E-state index contributed by atoms with van der Waals surface area (Å²) in [6.45, 7) is 5.78. The fourth-order valence-corrected chi connectivity index (χ4v) is 2.98. The number of nitrogens with one attached hydrogen (secondary N) is 1. The number of fused-ring (bicyclic) bond motifs is 1. The van der Waals surface area contributed by atoms with E-state index in [-0.39, 0.29) is 0 Å². The number of nitrogens with zero attached hydrogens (tertiary/aromatic N) is 1. The molecule has 1 aliphatic rings. The Kier molecular flexibility index (Phi) is 3.37. The standard InChI is InChI=1S/C16H22N2/c1-13-7-6-8-16-15(13)11-14(17-16)12-18-9-4-2-3-5-10-18/h6-8,11,17H,2-5,9-10,12H2,1H3. The minimum Gasteiger partial charge on any atom is -0.357 e. The van der Waals surface area contributed by atoms with E-state index in [0.29, 0.717) is 0 Å². The van der Waals surface area contributed by atoms with Gasteiger partial charge in [-0.1, -0.05) is 25.0 Å². The van der Waals surface area contributed by atoms with Crippen molar-refractivity contribution in [3.8, 4) is 0 Å². The molecule has 0 radical (unpaired) electrons. The molecule has 0 unspecified atom stereocenters. The van der Waals surface area contributed by atoms with Crippen molar-refractivity contribution in [2.24, 2.45) is 0 Å². The average molecular weight is 242 g/mol. The van der Waals surface area contributed by atoms with E-state index in [9.17, 15) is 0 Å². The van der Waals surface area contributed by atoms with Crippen LogP contribution in [0.3, 0.4) is 0 Å². The van der Waals surface area contributed by atoms with E-state index in [0.717, 1.165) is 6.54 Å². The summed E-state index contributed by atoms with van der Waals surface area (Å²) in [5, 5.41) is 1.38. The Balaban J connectivity index is 1.79. The molecule has 1 N–H and O–H groups in total. The van der Waals surface area contributed by atoms with Crippen molar-refractivity contribution < 1.29 is 0 Å². The first-order valence-electron chi connectivity index (χ1n) is 7.12. The predicted molar refractivity (Wildman–Crippen MR) is 76.8 cm³/mol. The zero-order valence-electron chi connectivity index (χ0n) is 11.2. The molecule has 1 saturated heterocycles. The summed E-state index contributed by atoms with van der Waals surface area (Å²) in [4.78, 5) is 6.15. The lowest BCUT2D eigenvalue weighted by Crippen LogP contribution is -2.24. The van der Waals surface area contributed by atoms with Crippen LogP contribution < -0.4 is 0 Å². The highest BCUT2D eigenvalue weighted by molar-refractivity contribution is 5.83. The number of aromatic nitrogens is 1. The van der Waals surface area contributed by atoms with Gasteiger partial charge < -0.3 is 4.98 Å². The van der Waals surface area contributed by atoms with Crippen LogP contribution in [0.1, 0.15) is 36.9 Å². The van der Waals surface area contributed by atoms with Crippen LogP contribution in [0, 0.1) is 6.92 Å². The molecule has 0 spiro atoms. The van der Waals surface area contributed by atoms with Crippen LogP contribution in [-0.2, 0) is 6.54 Å². The molecule has 2 aromatic rings. The lowest BCUT2D eigenvalue weighted by atomic mass is 10.1. The number of benzene rings is 1. The number of likely N-dealkylation sites (tertiary alicyclic amines) is 1. The van der Waals surface area contributed by atoms with E-state index >= 15 is 0 Å². The summed E-state index contributed by atoms with van der Waals surface area (Å²) < 4.78 is 0. The van der Waals surface area contributed by atoms with Crippen molar-refractivity contribution in [1.82, 2.24) is 9.88 Å². The summed E-state index contributed by atoms with van der Waals surface area (Å²) in [7, 11) is 0. The lowest BCUT2D eigenvalue weighted by Gasteiger charge is -2.18. The van der Waals surface area contributed by atoms with Crippen molar-refractivity contribution in [1.29, 1.82) is 0 Å². The van der Waals surface area contributed by atoms with Crippen molar-refractivity contribution in [2.45, 2.75) is 39.2 Å². The molecule has 0 saturated carbocycles. The maximum Gasteiger partial charge on any atom is 0.0459 e. The van der Waals surface area contributed by atoms with Gasteiger partial charge in [0.15, 0.2) is 0 Å². The quantitative estimate of drug-likeness (QED) is 0.847. The molecular formula is C16H22N2. The van der Waals surface area contributed by atoms with Gasteiger partial charge in [0.1, 0.15) is 0 Å². The first-order chi connectivity index (χ1) is 8.83. The normalized spacial score (nSPS) is 18.1. The van der Waals surface area contributed by atoms with Crippen LogP contribution in [-0.4, -0.2) is 23.0 Å². The highest BCUT2D eigenvalue weighted by Gasteiger charge is 2.11. The molecule has 2 heterocycles. The topological polar surface area (TPSA) is 19.0 Å². The molecule has 96 valence electrons. The Bertz CT molecular complexity index is 519. The van der Waals surface area contributed by atoms with E-state index in [1.165, 1.54) is 60.9 Å². The third-order valence-corrected chi connectivity index (χ3v) is 4.03. The fraction of sp³-hybridized carbons (Fsp3) is 0.500. The smallest absolute Gasteiger partial charge is 0.0459 e. The zero-order chi connectivity index (χ0) is 12.4. The van der Waals surface area contributed by atoms with Crippen molar-refractivity contribution >= 4 is 10.9 Å². The number of hydrogen-bond donors (Lipinski definition) is 1. The second-order valence-corrected chi connectivity index (χ2v) is 5.52. The van der Waals surface area contributed by atoms with Crippen LogP contribution in [0.2, 0.25) is 0 Å². The van der Waals surface area contributed by atoms with Gasteiger partial charge in [0.05, 0.1) is 0 Å². The molecule has 1 aromatic heterocycles. The molecule has 1 fully saturated rings. The molecule has 0 atom stereocenters. The highest BCUT2D eigenvalue weighted by atomic mass is 15.1. The van der Waals surface area contributed by atoms with Gasteiger partial charge in [0, 0.05) is 23.1 Å². The Hall–Kier alpha value is -1.28. The van der Waals surface area contributed by atoms with Gasteiger partial charge in [-0.2, -0.15) is 0 Å². The number of H-pyrrole nitrogens is 1. The van der Waals surface area contributed by atoms with Crippen LogP contribution in [0.4, 0.5) is 0 Å². The number of aryl methyl sites for hydroxylation is 1. The summed E-state index contributed by atoms with van der Waals surface area (Å²) >= 11 is 0. The fourth-order valence-electron chi connectivity index (χ4n) is 2.98. The molecular weight excluding hydrogens is 220 g/mol. The van der Waals surface area contributed by atoms with Gasteiger partial charge >= 0.3 is 0 Å².